The number of fused-ring (bicyclic) bond motifs is 12. The van der Waals surface area contributed by atoms with E-state index in [-0.39, 0.29) is 12.0 Å². The van der Waals surface area contributed by atoms with Crippen molar-refractivity contribution in [1.82, 2.24) is 15.0 Å². The molecule has 2 aliphatic rings. The molecule has 276 valence electrons. The van der Waals surface area contributed by atoms with Gasteiger partial charge in [0.1, 0.15) is 23.0 Å². The molecule has 0 amide bonds. The second-order valence-corrected chi connectivity index (χ2v) is 16.5. The lowest BCUT2D eigenvalue weighted by Gasteiger charge is -2.16. The fourth-order valence-electron chi connectivity index (χ4n) is 9.34. The van der Waals surface area contributed by atoms with Gasteiger partial charge in [0.2, 0.25) is 0 Å². The third kappa shape index (κ3) is 5.00. The Balaban J connectivity index is 1.04. The molecule has 1 aliphatic carbocycles. The van der Waals surface area contributed by atoms with Crippen molar-refractivity contribution in [2.45, 2.75) is 12.0 Å². The van der Waals surface area contributed by atoms with Gasteiger partial charge >= 0.3 is 0 Å². The van der Waals surface area contributed by atoms with Crippen LogP contribution in [0.25, 0.3) is 109 Å². The van der Waals surface area contributed by atoms with E-state index in [0.29, 0.717) is 17.5 Å². The minimum atomic E-state index is -0.00893. The molecule has 0 radical (unpaired) electrons. The van der Waals surface area contributed by atoms with Crippen LogP contribution in [0, 0.1) is 0 Å². The number of rotatable bonds is 4. The van der Waals surface area contributed by atoms with Gasteiger partial charge < -0.3 is 9.15 Å². The van der Waals surface area contributed by atoms with E-state index in [0.717, 1.165) is 60.9 Å². The van der Waals surface area contributed by atoms with E-state index in [1.807, 2.05) is 12.1 Å². The van der Waals surface area contributed by atoms with Crippen molar-refractivity contribution < 1.29 is 9.15 Å². The Morgan fingerprint density at radius 2 is 1.14 bits per heavy atom. The molecule has 1 aliphatic heterocycles. The minimum Gasteiger partial charge on any atom is -0.485 e. The molecule has 2 atom stereocenters. The summed E-state index contributed by atoms with van der Waals surface area (Å²) in [6, 6.07) is 53.5. The highest BCUT2D eigenvalue weighted by Crippen LogP contribution is 2.49. The average molecular weight is 774 g/mol. The first-order chi connectivity index (χ1) is 29.2. The quantitative estimate of drug-likeness (QED) is 0.167. The van der Waals surface area contributed by atoms with Gasteiger partial charge in [-0.1, -0.05) is 127 Å². The number of furan rings is 1. The zero-order valence-electron chi connectivity index (χ0n) is 31.5. The lowest BCUT2D eigenvalue weighted by Crippen LogP contribution is -2.15. The second kappa shape index (κ2) is 12.5. The van der Waals surface area contributed by atoms with E-state index in [1.54, 1.807) is 11.3 Å². The first-order valence-corrected chi connectivity index (χ1v) is 20.7. The van der Waals surface area contributed by atoms with Crippen LogP contribution < -0.4 is 4.74 Å². The number of nitrogens with zero attached hydrogens (tertiary/aromatic N) is 3. The molecule has 59 heavy (non-hydrogen) atoms. The number of ether oxygens (including phenoxy) is 1. The number of para-hydroxylation sites is 1. The Morgan fingerprint density at radius 1 is 0.475 bits per heavy atom. The summed E-state index contributed by atoms with van der Waals surface area (Å²) in [4.78, 5) is 15.9. The lowest BCUT2D eigenvalue weighted by molar-refractivity contribution is 0.269. The van der Waals surface area contributed by atoms with Gasteiger partial charge in [0, 0.05) is 64.7 Å². The van der Waals surface area contributed by atoms with E-state index in [4.69, 9.17) is 24.1 Å². The number of benzene rings is 8. The first kappa shape index (κ1) is 32.7. The smallest absolute Gasteiger partial charge is 0.164 e. The van der Waals surface area contributed by atoms with Crippen LogP contribution in [0.15, 0.2) is 180 Å². The number of allylic oxidation sites excluding steroid dienone is 2. The molecule has 0 N–H and O–H groups in total. The van der Waals surface area contributed by atoms with Crippen molar-refractivity contribution in [3.63, 3.8) is 0 Å². The third-order valence-corrected chi connectivity index (χ3v) is 13.2. The number of aromatic nitrogens is 3. The van der Waals surface area contributed by atoms with Crippen LogP contribution in [-0.4, -0.2) is 21.1 Å². The number of hydrogen-bond acceptors (Lipinski definition) is 6. The highest BCUT2D eigenvalue weighted by molar-refractivity contribution is 7.25. The van der Waals surface area contributed by atoms with Gasteiger partial charge in [0.05, 0.1) is 0 Å². The maximum Gasteiger partial charge on any atom is 0.164 e. The lowest BCUT2D eigenvalue weighted by atomic mass is 9.86. The minimum absolute atomic E-state index is 0.00893. The SMILES string of the molecule is C1=CC2Oc3cccc(-c4cccc5c4oc4cccc(-c6nc(-c7ccc8ccc9ccccc9c8c7)nc(-c7ccc8sc9ccccc9c8c7)n6)c45)c3C2C=C1. The van der Waals surface area contributed by atoms with Crippen LogP contribution in [0.3, 0.4) is 0 Å². The van der Waals surface area contributed by atoms with Crippen molar-refractivity contribution in [2.24, 2.45) is 0 Å². The van der Waals surface area contributed by atoms with Crippen molar-refractivity contribution in [2.75, 3.05) is 0 Å². The summed E-state index contributed by atoms with van der Waals surface area (Å²) in [5.41, 5.74) is 7.70. The third-order valence-electron chi connectivity index (χ3n) is 12.1. The molecule has 8 aromatic carbocycles. The molecule has 11 aromatic rings. The van der Waals surface area contributed by atoms with Crippen molar-refractivity contribution in [3.8, 4) is 51.0 Å². The average Bonchev–Trinajstić information content (AvgIpc) is 4.00. The molecule has 0 bridgehead atoms. The molecule has 0 fully saturated rings. The van der Waals surface area contributed by atoms with Crippen molar-refractivity contribution >= 4 is 75.0 Å². The van der Waals surface area contributed by atoms with Gasteiger partial charge in [-0.25, -0.2) is 15.0 Å². The van der Waals surface area contributed by atoms with Crippen LogP contribution >= 0.6 is 11.3 Å². The molecule has 0 saturated carbocycles. The highest BCUT2D eigenvalue weighted by Gasteiger charge is 2.35. The van der Waals surface area contributed by atoms with Gasteiger partial charge in [0.15, 0.2) is 17.5 Å². The van der Waals surface area contributed by atoms with Crippen LogP contribution in [0.2, 0.25) is 0 Å². The Morgan fingerprint density at radius 3 is 2.05 bits per heavy atom. The maximum atomic E-state index is 6.85. The second-order valence-electron chi connectivity index (χ2n) is 15.4. The van der Waals surface area contributed by atoms with Gasteiger partial charge in [0.25, 0.3) is 0 Å². The number of hydrogen-bond donors (Lipinski definition) is 0. The van der Waals surface area contributed by atoms with E-state index in [2.05, 4.69) is 164 Å². The molecule has 4 heterocycles. The molecule has 2 unspecified atom stereocenters. The maximum absolute atomic E-state index is 6.85. The zero-order chi connectivity index (χ0) is 38.6. The molecule has 5 nitrogen and oxygen atoms in total. The largest absolute Gasteiger partial charge is 0.485 e. The van der Waals surface area contributed by atoms with Gasteiger partial charge in [-0.05, 0) is 75.6 Å². The summed E-state index contributed by atoms with van der Waals surface area (Å²) < 4.78 is 15.8. The Bertz CT molecular complexity index is 3630. The fraction of sp³-hybridized carbons (Fsp3) is 0.0377. The summed E-state index contributed by atoms with van der Waals surface area (Å²) in [7, 11) is 0. The summed E-state index contributed by atoms with van der Waals surface area (Å²) in [6.07, 6.45) is 8.55. The zero-order valence-corrected chi connectivity index (χ0v) is 32.3. The molecule has 0 saturated heterocycles. The molecule has 0 spiro atoms. The van der Waals surface area contributed by atoms with Crippen LogP contribution in [0.4, 0.5) is 0 Å². The Kier molecular flexibility index (Phi) is 6.94. The predicted octanol–water partition coefficient (Wildman–Crippen LogP) is 14.1. The normalized spacial score (nSPS) is 15.8. The standard InChI is InChI=1S/C53H31N3O2S/c1-2-11-34-30(10-1)22-23-31-24-25-32(28-41(31)34)51-54-52(33-26-27-47-42(29-33)35-12-4-6-21-46(35)59-47)56-53(55-51)40-17-9-20-45-49(40)39-16-7-15-37(50(39)58-45)36-14-8-19-44-48(36)38-13-3-5-18-43(38)57-44/h1-29,38,43H. The highest BCUT2D eigenvalue weighted by atomic mass is 32.1. The van der Waals surface area contributed by atoms with Gasteiger partial charge in [-0.15, -0.1) is 11.3 Å². The van der Waals surface area contributed by atoms with E-state index < -0.39 is 0 Å². The van der Waals surface area contributed by atoms with E-state index in [9.17, 15) is 0 Å². The number of thiophene rings is 1. The van der Waals surface area contributed by atoms with Crippen LogP contribution in [0.5, 0.6) is 5.75 Å². The van der Waals surface area contributed by atoms with Gasteiger partial charge in [-0.2, -0.15) is 0 Å². The Labute approximate surface area is 342 Å². The molecule has 6 heteroatoms. The summed E-state index contributed by atoms with van der Waals surface area (Å²) in [6.45, 7) is 0. The first-order valence-electron chi connectivity index (χ1n) is 19.9. The fourth-order valence-corrected chi connectivity index (χ4v) is 10.4. The van der Waals surface area contributed by atoms with E-state index in [1.165, 1.54) is 41.9 Å². The van der Waals surface area contributed by atoms with Crippen LogP contribution in [-0.2, 0) is 0 Å². The molecule has 13 rings (SSSR count). The summed E-state index contributed by atoms with van der Waals surface area (Å²) in [5, 5.41) is 9.14. The van der Waals surface area contributed by atoms with Crippen LogP contribution in [0.1, 0.15) is 11.5 Å². The van der Waals surface area contributed by atoms with Crippen molar-refractivity contribution in [3.05, 3.63) is 182 Å². The predicted molar refractivity (Wildman–Crippen MR) is 242 cm³/mol. The topological polar surface area (TPSA) is 61.0 Å². The van der Waals surface area contributed by atoms with Gasteiger partial charge in [-0.3, -0.25) is 0 Å². The summed E-state index contributed by atoms with van der Waals surface area (Å²) in [5.74, 6) is 2.89. The molecular formula is C53H31N3O2S. The summed E-state index contributed by atoms with van der Waals surface area (Å²) >= 11 is 1.81. The molecule has 3 aromatic heterocycles. The van der Waals surface area contributed by atoms with Crippen molar-refractivity contribution in [1.29, 1.82) is 0 Å². The monoisotopic (exact) mass is 773 g/mol. The van der Waals surface area contributed by atoms with E-state index >= 15 is 0 Å². The molecular weight excluding hydrogens is 743 g/mol. The Hall–Kier alpha value is -7.41.